The second-order valence-electron chi connectivity index (χ2n) is 5.09. The van der Waals surface area contributed by atoms with E-state index in [1.165, 1.54) is 41.6 Å². The average molecular weight is 273 g/mol. The SMILES string of the molecule is Cn1c(=NN=C2CCCCCC2)sc2ccccc21. The third kappa shape index (κ3) is 2.78. The minimum Gasteiger partial charge on any atom is -0.318 e. The summed E-state index contributed by atoms with van der Waals surface area (Å²) in [6.45, 7) is 0. The summed E-state index contributed by atoms with van der Waals surface area (Å²) in [7, 11) is 2.06. The van der Waals surface area contributed by atoms with E-state index in [4.69, 9.17) is 0 Å². The van der Waals surface area contributed by atoms with Gasteiger partial charge in [0.25, 0.3) is 0 Å². The minimum atomic E-state index is 0.984. The molecule has 1 aliphatic carbocycles. The highest BCUT2D eigenvalue weighted by molar-refractivity contribution is 7.16. The maximum atomic E-state index is 4.50. The Hall–Kier alpha value is -1.42. The molecule has 1 heterocycles. The molecule has 1 aromatic carbocycles. The Morgan fingerprint density at radius 1 is 1.00 bits per heavy atom. The van der Waals surface area contributed by atoms with Crippen LogP contribution >= 0.6 is 11.3 Å². The number of aromatic nitrogens is 1. The first kappa shape index (κ1) is 12.6. The summed E-state index contributed by atoms with van der Waals surface area (Å²) >= 11 is 1.71. The zero-order chi connectivity index (χ0) is 13.1. The van der Waals surface area contributed by atoms with Crippen molar-refractivity contribution >= 4 is 27.3 Å². The smallest absolute Gasteiger partial charge is 0.211 e. The van der Waals surface area contributed by atoms with Gasteiger partial charge in [0, 0.05) is 12.8 Å². The van der Waals surface area contributed by atoms with Crippen molar-refractivity contribution < 1.29 is 0 Å². The quantitative estimate of drug-likeness (QED) is 0.558. The number of para-hydroxylation sites is 1. The number of benzene rings is 1. The molecule has 100 valence electrons. The molecule has 1 aliphatic rings. The molecule has 2 aromatic rings. The number of fused-ring (bicyclic) bond motifs is 1. The van der Waals surface area contributed by atoms with E-state index in [1.54, 1.807) is 11.3 Å². The van der Waals surface area contributed by atoms with Gasteiger partial charge in [-0.15, -0.1) is 5.10 Å². The molecule has 0 unspecified atom stereocenters. The second kappa shape index (κ2) is 5.70. The normalized spacial score (nSPS) is 17.7. The van der Waals surface area contributed by atoms with Gasteiger partial charge in [-0.05, 0) is 37.8 Å². The van der Waals surface area contributed by atoms with Gasteiger partial charge in [0.05, 0.1) is 10.2 Å². The summed E-state index contributed by atoms with van der Waals surface area (Å²) in [5, 5.41) is 8.98. The first-order chi connectivity index (χ1) is 9.34. The summed E-state index contributed by atoms with van der Waals surface area (Å²) < 4.78 is 3.39. The van der Waals surface area contributed by atoms with Crippen molar-refractivity contribution in [1.29, 1.82) is 0 Å². The lowest BCUT2D eigenvalue weighted by Crippen LogP contribution is -2.09. The van der Waals surface area contributed by atoms with Crippen molar-refractivity contribution in [2.24, 2.45) is 17.3 Å². The summed E-state index contributed by atoms with van der Waals surface area (Å²) in [5.41, 5.74) is 2.50. The van der Waals surface area contributed by atoms with Crippen LogP contribution in [0.2, 0.25) is 0 Å². The molecule has 19 heavy (non-hydrogen) atoms. The molecular formula is C15H19N3S. The molecule has 4 heteroatoms. The van der Waals surface area contributed by atoms with Crippen LogP contribution in [0, 0.1) is 0 Å². The van der Waals surface area contributed by atoms with Crippen LogP contribution in [-0.2, 0) is 7.05 Å². The molecule has 0 bridgehead atoms. The van der Waals surface area contributed by atoms with Gasteiger partial charge in [-0.25, -0.2) is 0 Å². The van der Waals surface area contributed by atoms with E-state index in [0.29, 0.717) is 0 Å². The van der Waals surface area contributed by atoms with E-state index in [2.05, 4.69) is 46.1 Å². The molecule has 0 atom stereocenters. The molecule has 3 rings (SSSR count). The number of hydrogen-bond donors (Lipinski definition) is 0. The predicted molar refractivity (Wildman–Crippen MR) is 81.5 cm³/mol. The summed E-state index contributed by atoms with van der Waals surface area (Å²) in [6.07, 6.45) is 7.47. The summed E-state index contributed by atoms with van der Waals surface area (Å²) in [4.78, 5) is 0.984. The van der Waals surface area contributed by atoms with Crippen LogP contribution in [0.15, 0.2) is 34.5 Å². The Bertz CT molecular complexity index is 653. The number of hydrogen-bond acceptors (Lipinski definition) is 3. The van der Waals surface area contributed by atoms with Crippen molar-refractivity contribution in [2.75, 3.05) is 0 Å². The number of nitrogens with zero attached hydrogens (tertiary/aromatic N) is 3. The molecule has 0 N–H and O–H groups in total. The molecule has 0 amide bonds. The van der Waals surface area contributed by atoms with Crippen molar-refractivity contribution in [2.45, 2.75) is 38.5 Å². The van der Waals surface area contributed by atoms with Crippen molar-refractivity contribution in [3.8, 4) is 0 Å². The molecule has 0 spiro atoms. The first-order valence-corrected chi connectivity index (χ1v) is 7.80. The fraction of sp³-hybridized carbons (Fsp3) is 0.467. The van der Waals surface area contributed by atoms with Gasteiger partial charge in [-0.2, -0.15) is 5.10 Å². The van der Waals surface area contributed by atoms with Crippen LogP contribution in [-0.4, -0.2) is 10.3 Å². The maximum absolute atomic E-state index is 4.50. The number of aryl methyl sites for hydroxylation is 1. The standard InChI is InChI=1S/C15H19N3S/c1-18-13-10-6-7-11-14(13)19-15(18)17-16-12-8-4-2-3-5-9-12/h6-7,10-11H,2-5,8-9H2,1H3. The minimum absolute atomic E-state index is 0.984. The zero-order valence-electron chi connectivity index (χ0n) is 11.3. The lowest BCUT2D eigenvalue weighted by Gasteiger charge is -1.97. The Balaban J connectivity index is 1.96. The van der Waals surface area contributed by atoms with E-state index in [9.17, 15) is 0 Å². The molecule has 0 saturated heterocycles. The molecule has 1 aromatic heterocycles. The van der Waals surface area contributed by atoms with Gasteiger partial charge in [-0.3, -0.25) is 0 Å². The van der Waals surface area contributed by atoms with E-state index in [0.717, 1.165) is 17.6 Å². The Kier molecular flexibility index (Phi) is 3.78. The van der Waals surface area contributed by atoms with Gasteiger partial charge in [0.1, 0.15) is 0 Å². The maximum Gasteiger partial charge on any atom is 0.211 e. The first-order valence-electron chi connectivity index (χ1n) is 6.98. The monoisotopic (exact) mass is 273 g/mol. The van der Waals surface area contributed by atoms with Crippen LogP contribution in [0.4, 0.5) is 0 Å². The zero-order valence-corrected chi connectivity index (χ0v) is 12.1. The van der Waals surface area contributed by atoms with Crippen molar-refractivity contribution in [3.05, 3.63) is 29.1 Å². The molecular weight excluding hydrogens is 254 g/mol. The van der Waals surface area contributed by atoms with Crippen LogP contribution in [0.5, 0.6) is 0 Å². The topological polar surface area (TPSA) is 29.6 Å². The molecule has 3 nitrogen and oxygen atoms in total. The van der Waals surface area contributed by atoms with E-state index in [-0.39, 0.29) is 0 Å². The third-order valence-electron chi connectivity index (χ3n) is 3.67. The fourth-order valence-corrected chi connectivity index (χ4v) is 3.50. The number of rotatable bonds is 1. The van der Waals surface area contributed by atoms with E-state index < -0.39 is 0 Å². The van der Waals surface area contributed by atoms with Gasteiger partial charge >= 0.3 is 0 Å². The van der Waals surface area contributed by atoms with Gasteiger partial charge < -0.3 is 4.57 Å². The average Bonchev–Trinajstić information content (AvgIpc) is 2.63. The molecule has 1 saturated carbocycles. The molecule has 0 radical (unpaired) electrons. The van der Waals surface area contributed by atoms with E-state index >= 15 is 0 Å². The van der Waals surface area contributed by atoms with Crippen LogP contribution in [0.25, 0.3) is 10.2 Å². The Morgan fingerprint density at radius 3 is 2.47 bits per heavy atom. The largest absolute Gasteiger partial charge is 0.318 e. The highest BCUT2D eigenvalue weighted by atomic mass is 32.1. The van der Waals surface area contributed by atoms with Crippen molar-refractivity contribution in [3.63, 3.8) is 0 Å². The van der Waals surface area contributed by atoms with Crippen LogP contribution in [0.1, 0.15) is 38.5 Å². The Morgan fingerprint density at radius 2 is 1.74 bits per heavy atom. The number of thiazole rings is 1. The highest BCUT2D eigenvalue weighted by Gasteiger charge is 2.05. The van der Waals surface area contributed by atoms with Gasteiger partial charge in [0.2, 0.25) is 4.80 Å². The van der Waals surface area contributed by atoms with Crippen LogP contribution in [0.3, 0.4) is 0 Å². The predicted octanol–water partition coefficient (Wildman–Crippen LogP) is 3.85. The van der Waals surface area contributed by atoms with Gasteiger partial charge in [0.15, 0.2) is 0 Å². The van der Waals surface area contributed by atoms with E-state index in [1.807, 2.05) is 0 Å². The summed E-state index contributed by atoms with van der Waals surface area (Å²) in [6, 6.07) is 8.40. The summed E-state index contributed by atoms with van der Waals surface area (Å²) in [5.74, 6) is 0. The van der Waals surface area contributed by atoms with Gasteiger partial charge in [-0.1, -0.05) is 36.3 Å². The molecule has 0 aliphatic heterocycles. The Labute approximate surface area is 117 Å². The van der Waals surface area contributed by atoms with Crippen molar-refractivity contribution in [1.82, 2.24) is 4.57 Å². The third-order valence-corrected chi connectivity index (χ3v) is 4.78. The highest BCUT2D eigenvalue weighted by Crippen LogP contribution is 2.16. The molecule has 1 fully saturated rings. The second-order valence-corrected chi connectivity index (χ2v) is 6.10. The fourth-order valence-electron chi connectivity index (χ4n) is 2.53. The lowest BCUT2D eigenvalue weighted by atomic mass is 10.2. The van der Waals surface area contributed by atoms with Crippen LogP contribution < -0.4 is 4.80 Å². The lowest BCUT2D eigenvalue weighted by molar-refractivity contribution is 0.702.